The molecule has 1 saturated heterocycles. The van der Waals surface area contributed by atoms with Crippen LogP contribution in [0.1, 0.15) is 19.8 Å². The highest BCUT2D eigenvalue weighted by atomic mass is 16.5. The van der Waals surface area contributed by atoms with Gasteiger partial charge in [-0.15, -0.1) is 0 Å². The average Bonchev–Trinajstić information content (AvgIpc) is 2.26. The summed E-state index contributed by atoms with van der Waals surface area (Å²) >= 11 is 0. The third kappa shape index (κ3) is 4.18. The van der Waals surface area contributed by atoms with Gasteiger partial charge in [0.15, 0.2) is 0 Å². The van der Waals surface area contributed by atoms with Gasteiger partial charge in [-0.3, -0.25) is 4.79 Å². The highest BCUT2D eigenvalue weighted by Crippen LogP contribution is 2.18. The monoisotopic (exact) mass is 214 g/mol. The maximum atomic E-state index is 11.4. The quantitative estimate of drug-likeness (QED) is 0.740. The molecule has 0 radical (unpaired) electrons. The topological polar surface area (TPSA) is 41.6 Å². The van der Waals surface area contributed by atoms with E-state index in [1.807, 2.05) is 0 Å². The van der Waals surface area contributed by atoms with Crippen molar-refractivity contribution in [3.05, 3.63) is 0 Å². The second kappa shape index (κ2) is 6.08. The minimum Gasteiger partial charge on any atom is -0.381 e. The van der Waals surface area contributed by atoms with Crippen molar-refractivity contribution in [1.29, 1.82) is 0 Å². The van der Waals surface area contributed by atoms with Crippen LogP contribution in [0.25, 0.3) is 0 Å². The molecule has 0 aliphatic carbocycles. The summed E-state index contributed by atoms with van der Waals surface area (Å²) in [6.45, 7) is 4.31. The highest BCUT2D eigenvalue weighted by molar-refractivity contribution is 5.77. The van der Waals surface area contributed by atoms with Crippen molar-refractivity contribution >= 4 is 5.91 Å². The van der Waals surface area contributed by atoms with Gasteiger partial charge < -0.3 is 15.0 Å². The normalized spacial score (nSPS) is 19.9. The predicted molar refractivity (Wildman–Crippen MR) is 59.7 cm³/mol. The fourth-order valence-corrected chi connectivity index (χ4v) is 1.79. The zero-order valence-electron chi connectivity index (χ0n) is 9.95. The molecule has 1 heterocycles. The molecule has 0 bridgehead atoms. The van der Waals surface area contributed by atoms with Gasteiger partial charge in [0, 0.05) is 33.4 Å². The maximum Gasteiger partial charge on any atom is 0.236 e. The molecule has 0 spiro atoms. The summed E-state index contributed by atoms with van der Waals surface area (Å²) in [6, 6.07) is 0.401. The molecule has 1 unspecified atom stereocenters. The number of nitrogens with one attached hydrogen (secondary N) is 1. The van der Waals surface area contributed by atoms with Crippen LogP contribution >= 0.6 is 0 Å². The fourth-order valence-electron chi connectivity index (χ4n) is 1.79. The molecule has 0 aromatic rings. The van der Waals surface area contributed by atoms with Crippen molar-refractivity contribution in [3.63, 3.8) is 0 Å². The first-order valence-corrected chi connectivity index (χ1v) is 5.62. The van der Waals surface area contributed by atoms with E-state index in [9.17, 15) is 4.79 Å². The summed E-state index contributed by atoms with van der Waals surface area (Å²) in [7, 11) is 3.56. The highest BCUT2D eigenvalue weighted by Gasteiger charge is 2.20. The van der Waals surface area contributed by atoms with E-state index < -0.39 is 0 Å². The lowest BCUT2D eigenvalue weighted by molar-refractivity contribution is -0.127. The van der Waals surface area contributed by atoms with Crippen molar-refractivity contribution in [2.24, 2.45) is 5.92 Å². The van der Waals surface area contributed by atoms with Crippen LogP contribution in [0.15, 0.2) is 0 Å². The number of hydrogen-bond acceptors (Lipinski definition) is 3. The number of carbonyl (C=O) groups excluding carboxylic acids is 1. The molecule has 1 amide bonds. The minimum atomic E-state index is 0.133. The van der Waals surface area contributed by atoms with E-state index in [0.29, 0.717) is 18.5 Å². The lowest BCUT2D eigenvalue weighted by Gasteiger charge is -2.28. The van der Waals surface area contributed by atoms with Crippen LogP contribution in [0.4, 0.5) is 0 Å². The van der Waals surface area contributed by atoms with E-state index in [4.69, 9.17) is 4.74 Å². The molecule has 0 aromatic carbocycles. The Bertz CT molecular complexity index is 201. The Morgan fingerprint density at radius 3 is 2.60 bits per heavy atom. The zero-order chi connectivity index (χ0) is 11.3. The zero-order valence-corrected chi connectivity index (χ0v) is 9.95. The lowest BCUT2D eigenvalue weighted by Crippen LogP contribution is -2.42. The molecule has 4 nitrogen and oxygen atoms in total. The van der Waals surface area contributed by atoms with Crippen LogP contribution in [0, 0.1) is 5.92 Å². The number of carbonyl (C=O) groups is 1. The van der Waals surface area contributed by atoms with E-state index in [2.05, 4.69) is 12.2 Å². The fraction of sp³-hybridized carbons (Fsp3) is 0.909. The molecule has 15 heavy (non-hydrogen) atoms. The van der Waals surface area contributed by atoms with Crippen molar-refractivity contribution in [2.45, 2.75) is 25.8 Å². The van der Waals surface area contributed by atoms with E-state index in [-0.39, 0.29) is 5.91 Å². The number of hydrogen-bond donors (Lipinski definition) is 1. The molecular formula is C11H22N2O2. The van der Waals surface area contributed by atoms with Crippen LogP contribution in [0.5, 0.6) is 0 Å². The Balaban J connectivity index is 2.22. The number of ether oxygens (including phenoxy) is 1. The second-order valence-corrected chi connectivity index (χ2v) is 4.41. The molecular weight excluding hydrogens is 192 g/mol. The summed E-state index contributed by atoms with van der Waals surface area (Å²) in [4.78, 5) is 13.0. The first kappa shape index (κ1) is 12.5. The number of likely N-dealkylation sites (N-methyl/N-ethyl adjacent to an activating group) is 1. The van der Waals surface area contributed by atoms with Crippen LogP contribution in [0.3, 0.4) is 0 Å². The summed E-state index contributed by atoms with van der Waals surface area (Å²) in [5.41, 5.74) is 0. The SMILES string of the molecule is CC(NCC(=O)N(C)C)C1CCOCC1. The van der Waals surface area contributed by atoms with E-state index >= 15 is 0 Å². The van der Waals surface area contributed by atoms with E-state index in [0.717, 1.165) is 26.1 Å². The van der Waals surface area contributed by atoms with Gasteiger partial charge in [0.25, 0.3) is 0 Å². The Morgan fingerprint density at radius 1 is 1.47 bits per heavy atom. The minimum absolute atomic E-state index is 0.133. The Labute approximate surface area is 92.0 Å². The van der Waals surface area contributed by atoms with E-state index in [1.54, 1.807) is 19.0 Å². The first-order chi connectivity index (χ1) is 7.11. The van der Waals surface area contributed by atoms with E-state index in [1.165, 1.54) is 0 Å². The van der Waals surface area contributed by atoms with Gasteiger partial charge >= 0.3 is 0 Å². The van der Waals surface area contributed by atoms with Crippen molar-refractivity contribution < 1.29 is 9.53 Å². The summed E-state index contributed by atoms with van der Waals surface area (Å²) < 4.78 is 5.31. The van der Waals surface area contributed by atoms with Crippen LogP contribution in [0.2, 0.25) is 0 Å². The molecule has 1 N–H and O–H groups in total. The van der Waals surface area contributed by atoms with Gasteiger partial charge in [-0.2, -0.15) is 0 Å². The smallest absolute Gasteiger partial charge is 0.236 e. The van der Waals surface area contributed by atoms with Crippen molar-refractivity contribution in [3.8, 4) is 0 Å². The van der Waals surface area contributed by atoms with Crippen LogP contribution in [-0.2, 0) is 9.53 Å². The average molecular weight is 214 g/mol. The van der Waals surface area contributed by atoms with Crippen molar-refractivity contribution in [2.75, 3.05) is 33.9 Å². The summed E-state index contributed by atoms with van der Waals surface area (Å²) in [5, 5.41) is 3.29. The third-order valence-corrected chi connectivity index (χ3v) is 3.05. The number of rotatable bonds is 4. The van der Waals surface area contributed by atoms with Gasteiger partial charge in [-0.05, 0) is 25.7 Å². The van der Waals surface area contributed by atoms with Crippen LogP contribution in [-0.4, -0.2) is 50.7 Å². The second-order valence-electron chi connectivity index (χ2n) is 4.41. The molecule has 1 aliphatic heterocycles. The Morgan fingerprint density at radius 2 is 2.07 bits per heavy atom. The Hall–Kier alpha value is -0.610. The van der Waals surface area contributed by atoms with Gasteiger partial charge in [-0.1, -0.05) is 0 Å². The third-order valence-electron chi connectivity index (χ3n) is 3.05. The number of amides is 1. The first-order valence-electron chi connectivity index (χ1n) is 5.62. The molecule has 1 atom stereocenters. The molecule has 0 saturated carbocycles. The van der Waals surface area contributed by atoms with Gasteiger partial charge in [0.2, 0.25) is 5.91 Å². The van der Waals surface area contributed by atoms with Crippen LogP contribution < -0.4 is 5.32 Å². The standard InChI is InChI=1S/C11H22N2O2/c1-9(10-4-6-15-7-5-10)12-8-11(14)13(2)3/h9-10,12H,4-8H2,1-3H3. The van der Waals surface area contributed by atoms with Gasteiger partial charge in [0.1, 0.15) is 0 Å². The summed E-state index contributed by atoms with van der Waals surface area (Å²) in [6.07, 6.45) is 2.20. The molecule has 1 rings (SSSR count). The molecule has 1 fully saturated rings. The Kier molecular flexibility index (Phi) is 5.05. The molecule has 1 aliphatic rings. The number of nitrogens with zero attached hydrogens (tertiary/aromatic N) is 1. The molecule has 0 aromatic heterocycles. The predicted octanol–water partition coefficient (Wildman–Crippen LogP) is 0.479. The molecule has 88 valence electrons. The van der Waals surface area contributed by atoms with Gasteiger partial charge in [0.05, 0.1) is 6.54 Å². The maximum absolute atomic E-state index is 11.4. The largest absolute Gasteiger partial charge is 0.381 e. The molecule has 4 heteroatoms. The van der Waals surface area contributed by atoms with Gasteiger partial charge in [-0.25, -0.2) is 0 Å². The van der Waals surface area contributed by atoms with Crippen molar-refractivity contribution in [1.82, 2.24) is 10.2 Å². The lowest BCUT2D eigenvalue weighted by atomic mass is 9.93. The summed E-state index contributed by atoms with van der Waals surface area (Å²) in [5.74, 6) is 0.780.